The van der Waals surface area contributed by atoms with E-state index in [0.717, 1.165) is 0 Å². The Morgan fingerprint density at radius 1 is 1.37 bits per heavy atom. The van der Waals surface area contributed by atoms with E-state index < -0.39 is 4.92 Å². The third-order valence-electron chi connectivity index (χ3n) is 2.22. The molecule has 1 rings (SSSR count). The summed E-state index contributed by atoms with van der Waals surface area (Å²) in [5.74, 6) is 0.121. The molecule has 0 aromatic heterocycles. The second kappa shape index (κ2) is 7.27. The number of nitro groups is 1. The van der Waals surface area contributed by atoms with Crippen molar-refractivity contribution in [1.29, 1.82) is 0 Å². The normalized spacial score (nSPS) is 9.47. The Bertz CT molecular complexity index is 492. The first-order chi connectivity index (χ1) is 9.10. The molecule has 100 valence electrons. The number of benzene rings is 1. The smallest absolute Gasteiger partial charge is 0.311 e. The van der Waals surface area contributed by atoms with Gasteiger partial charge in [-0.05, 0) is 18.3 Å². The van der Waals surface area contributed by atoms with Crippen molar-refractivity contribution in [2.75, 3.05) is 13.1 Å². The molecule has 19 heavy (non-hydrogen) atoms. The van der Waals surface area contributed by atoms with E-state index in [9.17, 15) is 10.1 Å². The first kappa shape index (κ1) is 14.8. The van der Waals surface area contributed by atoms with E-state index in [-0.39, 0.29) is 16.6 Å². The third kappa shape index (κ3) is 4.18. The Hall–Kier alpha value is -2.21. The summed E-state index contributed by atoms with van der Waals surface area (Å²) in [4.78, 5) is 12.0. The number of rotatable bonds is 6. The summed E-state index contributed by atoms with van der Waals surface area (Å²) in [5, 5.41) is 11.0. The van der Waals surface area contributed by atoms with Gasteiger partial charge in [0.25, 0.3) is 5.17 Å². The van der Waals surface area contributed by atoms with Crippen LogP contribution in [0.2, 0.25) is 0 Å². The Balaban J connectivity index is 2.88. The number of hydrogen-bond acceptors (Lipinski definition) is 4. The fourth-order valence-corrected chi connectivity index (χ4v) is 1.63. The molecule has 0 spiro atoms. The summed E-state index contributed by atoms with van der Waals surface area (Å²) in [6, 6.07) is 6.09. The molecule has 5 nitrogen and oxygen atoms in total. The van der Waals surface area contributed by atoms with Gasteiger partial charge >= 0.3 is 5.69 Å². The van der Waals surface area contributed by atoms with E-state index in [1.165, 1.54) is 12.1 Å². The summed E-state index contributed by atoms with van der Waals surface area (Å²) >= 11 is 5.12. The predicted octanol–water partition coefficient (Wildman–Crippen LogP) is 2.93. The molecule has 1 aromatic carbocycles. The highest BCUT2D eigenvalue weighted by Gasteiger charge is 2.17. The Labute approximate surface area is 116 Å². The zero-order valence-electron chi connectivity index (χ0n) is 10.3. The topological polar surface area (TPSA) is 55.6 Å². The fraction of sp³-hybridized carbons (Fsp3) is 0.154. The van der Waals surface area contributed by atoms with Gasteiger partial charge in [-0.25, -0.2) is 0 Å². The highest BCUT2D eigenvalue weighted by molar-refractivity contribution is 7.80. The van der Waals surface area contributed by atoms with Crippen molar-refractivity contribution in [3.8, 4) is 5.75 Å². The fourth-order valence-electron chi connectivity index (χ4n) is 1.39. The van der Waals surface area contributed by atoms with Crippen LogP contribution in [0.1, 0.15) is 0 Å². The van der Waals surface area contributed by atoms with Crippen LogP contribution >= 0.6 is 12.2 Å². The van der Waals surface area contributed by atoms with Crippen molar-refractivity contribution < 1.29 is 9.66 Å². The van der Waals surface area contributed by atoms with Crippen molar-refractivity contribution in [1.82, 2.24) is 4.90 Å². The molecular weight excluding hydrogens is 264 g/mol. The van der Waals surface area contributed by atoms with Gasteiger partial charge < -0.3 is 9.64 Å². The highest BCUT2D eigenvalue weighted by atomic mass is 32.1. The number of para-hydroxylation sites is 2. The average molecular weight is 278 g/mol. The second-order valence-electron chi connectivity index (χ2n) is 3.58. The SMILES string of the molecule is C=CCN(CC=C)C(=S)Oc1ccccc1[N+](=O)[O-]. The molecule has 0 aliphatic heterocycles. The lowest BCUT2D eigenvalue weighted by molar-refractivity contribution is -0.385. The van der Waals surface area contributed by atoms with Crippen molar-refractivity contribution >= 4 is 23.1 Å². The molecule has 0 bridgehead atoms. The minimum atomic E-state index is -0.511. The Morgan fingerprint density at radius 2 is 1.95 bits per heavy atom. The lowest BCUT2D eigenvalue weighted by atomic mass is 10.3. The maximum Gasteiger partial charge on any atom is 0.311 e. The first-order valence-corrected chi connectivity index (χ1v) is 5.93. The molecule has 1 aromatic rings. The number of hydrogen-bond donors (Lipinski definition) is 0. The van der Waals surface area contributed by atoms with Crippen LogP contribution < -0.4 is 4.74 Å². The molecule has 0 atom stereocenters. The molecule has 0 aliphatic rings. The summed E-state index contributed by atoms with van der Waals surface area (Å²) in [6.45, 7) is 8.19. The van der Waals surface area contributed by atoms with Gasteiger partial charge in [0.15, 0.2) is 0 Å². The summed E-state index contributed by atoms with van der Waals surface area (Å²) in [5.41, 5.74) is -0.123. The zero-order valence-corrected chi connectivity index (χ0v) is 11.1. The van der Waals surface area contributed by atoms with Crippen LogP contribution in [0.5, 0.6) is 5.75 Å². The third-order valence-corrected chi connectivity index (χ3v) is 2.56. The lowest BCUT2D eigenvalue weighted by Crippen LogP contribution is -2.33. The quantitative estimate of drug-likeness (QED) is 0.346. The van der Waals surface area contributed by atoms with Crippen molar-refractivity contribution in [2.45, 2.75) is 0 Å². The van der Waals surface area contributed by atoms with Crippen LogP contribution in [0.15, 0.2) is 49.6 Å². The molecule has 0 amide bonds. The monoisotopic (exact) mass is 278 g/mol. The molecule has 0 saturated carbocycles. The van der Waals surface area contributed by atoms with E-state index in [0.29, 0.717) is 13.1 Å². The van der Waals surface area contributed by atoms with Crippen LogP contribution in [0.25, 0.3) is 0 Å². The molecule has 0 aliphatic carbocycles. The van der Waals surface area contributed by atoms with Gasteiger partial charge in [0.1, 0.15) is 0 Å². The van der Waals surface area contributed by atoms with Gasteiger partial charge in [-0.15, -0.1) is 13.2 Å². The maximum atomic E-state index is 10.9. The van der Waals surface area contributed by atoms with Crippen LogP contribution in [0.4, 0.5) is 5.69 Å². The van der Waals surface area contributed by atoms with Crippen molar-refractivity contribution in [2.24, 2.45) is 0 Å². The van der Waals surface area contributed by atoms with Crippen LogP contribution in [-0.2, 0) is 0 Å². The maximum absolute atomic E-state index is 10.9. The van der Waals surface area contributed by atoms with E-state index >= 15 is 0 Å². The number of nitro benzene ring substituents is 1. The highest BCUT2D eigenvalue weighted by Crippen LogP contribution is 2.26. The summed E-state index contributed by atoms with van der Waals surface area (Å²) < 4.78 is 5.39. The Morgan fingerprint density at radius 3 is 2.47 bits per heavy atom. The van der Waals surface area contributed by atoms with Gasteiger partial charge in [0.2, 0.25) is 5.75 Å². The number of ether oxygens (including phenoxy) is 1. The molecule has 0 unspecified atom stereocenters. The number of thiocarbonyl (C=S) groups is 1. The van der Waals surface area contributed by atoms with Gasteiger partial charge in [-0.1, -0.05) is 24.3 Å². The van der Waals surface area contributed by atoms with Crippen LogP contribution in [0.3, 0.4) is 0 Å². The lowest BCUT2D eigenvalue weighted by Gasteiger charge is -2.21. The molecule has 0 fully saturated rings. The minimum absolute atomic E-state index is 0.121. The standard InChI is InChI=1S/C13H14N2O3S/c1-3-9-14(10-4-2)13(19)18-12-8-6-5-7-11(12)15(16)17/h3-8H,1-2,9-10H2. The van der Waals surface area contributed by atoms with Crippen molar-refractivity contribution in [3.05, 3.63) is 59.7 Å². The molecular formula is C13H14N2O3S. The Kier molecular flexibility index (Phi) is 5.69. The first-order valence-electron chi connectivity index (χ1n) is 5.52. The minimum Gasteiger partial charge on any atom is -0.424 e. The summed E-state index contributed by atoms with van der Waals surface area (Å²) in [6.07, 6.45) is 3.33. The number of nitrogens with zero attached hydrogens (tertiary/aromatic N) is 2. The average Bonchev–Trinajstić information content (AvgIpc) is 2.38. The zero-order chi connectivity index (χ0) is 14.3. The van der Waals surface area contributed by atoms with E-state index in [1.807, 2.05) is 0 Å². The van der Waals surface area contributed by atoms with Crippen LogP contribution in [0, 0.1) is 10.1 Å². The largest absolute Gasteiger partial charge is 0.424 e. The van der Waals surface area contributed by atoms with E-state index in [1.54, 1.807) is 29.2 Å². The molecule has 0 saturated heterocycles. The van der Waals surface area contributed by atoms with Crippen LogP contribution in [-0.4, -0.2) is 28.1 Å². The summed E-state index contributed by atoms with van der Waals surface area (Å²) in [7, 11) is 0. The molecule has 0 radical (unpaired) electrons. The molecule has 0 N–H and O–H groups in total. The van der Waals surface area contributed by atoms with Gasteiger partial charge in [-0.2, -0.15) is 0 Å². The van der Waals surface area contributed by atoms with E-state index in [4.69, 9.17) is 17.0 Å². The van der Waals surface area contributed by atoms with Gasteiger partial charge in [-0.3, -0.25) is 10.1 Å². The van der Waals surface area contributed by atoms with Crippen molar-refractivity contribution in [3.63, 3.8) is 0 Å². The molecule has 6 heteroatoms. The second-order valence-corrected chi connectivity index (χ2v) is 3.92. The van der Waals surface area contributed by atoms with Gasteiger partial charge in [0, 0.05) is 19.2 Å². The molecule has 0 heterocycles. The van der Waals surface area contributed by atoms with Gasteiger partial charge in [0.05, 0.1) is 4.92 Å². The predicted molar refractivity (Wildman–Crippen MR) is 78.3 cm³/mol. The van der Waals surface area contributed by atoms with E-state index in [2.05, 4.69) is 13.2 Å².